The highest BCUT2D eigenvalue weighted by Gasteiger charge is 2.34. The lowest BCUT2D eigenvalue weighted by Gasteiger charge is -2.24. The minimum Gasteiger partial charge on any atom is -0.356 e. The molecule has 4 rings (SSSR count). The van der Waals surface area contributed by atoms with Gasteiger partial charge in [-0.1, -0.05) is 29.8 Å². The van der Waals surface area contributed by atoms with Crippen molar-refractivity contribution in [3.05, 3.63) is 69.6 Å². The maximum atomic E-state index is 12.9. The third-order valence-corrected chi connectivity index (χ3v) is 7.34. The molecular weight excluding hydrogens is 458 g/mol. The molecule has 1 aliphatic rings. The Morgan fingerprint density at radius 1 is 1.20 bits per heavy atom. The lowest BCUT2D eigenvalue weighted by atomic mass is 9.99. The summed E-state index contributed by atoms with van der Waals surface area (Å²) >= 11 is 1.56. The Kier molecular flexibility index (Phi) is 6.98. The van der Waals surface area contributed by atoms with Gasteiger partial charge in [-0.05, 0) is 33.3 Å². The fourth-order valence-electron chi connectivity index (χ4n) is 4.16. The number of hydrogen-bond acceptors (Lipinski definition) is 6. The second-order valence-electron chi connectivity index (χ2n) is 8.96. The van der Waals surface area contributed by atoms with E-state index < -0.39 is 6.04 Å². The van der Waals surface area contributed by atoms with E-state index >= 15 is 0 Å². The highest BCUT2D eigenvalue weighted by atomic mass is 32.1. The largest absolute Gasteiger partial charge is 0.356 e. The highest BCUT2D eigenvalue weighted by Crippen LogP contribution is 2.40. The van der Waals surface area contributed by atoms with Crippen LogP contribution in [0.1, 0.15) is 46.2 Å². The molecule has 3 heterocycles. The first kappa shape index (κ1) is 24.5. The highest BCUT2D eigenvalue weighted by molar-refractivity contribution is 7.17. The van der Waals surface area contributed by atoms with Gasteiger partial charge in [-0.3, -0.25) is 25.5 Å². The maximum absolute atomic E-state index is 12.9. The molecule has 0 spiro atoms. The second-order valence-corrected chi connectivity index (χ2v) is 10.2. The molecule has 0 fully saturated rings. The number of imidazole rings is 1. The molecule has 0 unspecified atom stereocenters. The van der Waals surface area contributed by atoms with Gasteiger partial charge in [0, 0.05) is 42.2 Å². The van der Waals surface area contributed by atoms with Crippen LogP contribution in [0.5, 0.6) is 0 Å². The molecule has 1 amide bonds. The molecule has 0 saturated carbocycles. The van der Waals surface area contributed by atoms with Crippen molar-refractivity contribution in [1.29, 1.82) is 10.8 Å². The summed E-state index contributed by atoms with van der Waals surface area (Å²) in [5.41, 5.74) is 5.79. The molecule has 9 heteroatoms. The van der Waals surface area contributed by atoms with Gasteiger partial charge >= 0.3 is 0 Å². The van der Waals surface area contributed by atoms with Crippen molar-refractivity contribution in [1.82, 2.24) is 14.9 Å². The van der Waals surface area contributed by atoms with Crippen LogP contribution < -0.4 is 10.2 Å². The van der Waals surface area contributed by atoms with Crippen LogP contribution in [0.2, 0.25) is 0 Å². The van der Waals surface area contributed by atoms with Crippen LogP contribution in [-0.2, 0) is 18.3 Å². The molecule has 1 aliphatic heterocycles. The van der Waals surface area contributed by atoms with Crippen LogP contribution in [0, 0.1) is 31.6 Å². The number of carbonyl (C=O) groups excluding carboxylic acids is 1. The van der Waals surface area contributed by atoms with Gasteiger partial charge in [0.1, 0.15) is 22.7 Å². The molecule has 8 nitrogen and oxygen atoms in total. The average molecular weight is 490 g/mol. The number of anilines is 1. The van der Waals surface area contributed by atoms with Gasteiger partial charge in [0.05, 0.1) is 24.2 Å². The average Bonchev–Trinajstić information content (AvgIpc) is 3.30. The van der Waals surface area contributed by atoms with Crippen molar-refractivity contribution in [2.24, 2.45) is 12.0 Å². The fraction of sp³-hybridized carbons (Fsp3) is 0.346. The summed E-state index contributed by atoms with van der Waals surface area (Å²) in [6.45, 7) is 8.28. The third-order valence-electron chi connectivity index (χ3n) is 6.15. The van der Waals surface area contributed by atoms with Crippen LogP contribution in [0.4, 0.5) is 5.00 Å². The number of fused-ring (bicyclic) bond motifs is 1. The molecular formula is C26H31N7OS. The number of amides is 1. The number of aryl methyl sites for hydroxylation is 3. The van der Waals surface area contributed by atoms with E-state index in [0.29, 0.717) is 13.0 Å². The molecule has 1 atom stereocenters. The Balaban J connectivity index is 1.67. The van der Waals surface area contributed by atoms with Crippen LogP contribution >= 0.6 is 11.3 Å². The number of aliphatic imine (C=N–C) groups is 1. The van der Waals surface area contributed by atoms with Crippen molar-refractivity contribution in [3.63, 3.8) is 0 Å². The Labute approximate surface area is 209 Å². The number of thiophene rings is 1. The lowest BCUT2D eigenvalue weighted by Crippen LogP contribution is -2.42. The van der Waals surface area contributed by atoms with E-state index in [4.69, 9.17) is 15.8 Å². The number of nitrogens with one attached hydrogen (secondary N) is 3. The normalized spacial score (nSPS) is 15.5. The number of carbonyl (C=O) groups is 1. The van der Waals surface area contributed by atoms with Crippen molar-refractivity contribution >= 4 is 39.6 Å². The maximum Gasteiger partial charge on any atom is 0.222 e. The summed E-state index contributed by atoms with van der Waals surface area (Å²) in [5, 5.41) is 21.2. The van der Waals surface area contributed by atoms with Gasteiger partial charge in [-0.15, -0.1) is 11.3 Å². The van der Waals surface area contributed by atoms with Gasteiger partial charge in [0.15, 0.2) is 0 Å². The van der Waals surface area contributed by atoms with Crippen molar-refractivity contribution in [2.75, 3.05) is 11.4 Å². The van der Waals surface area contributed by atoms with E-state index in [2.05, 4.69) is 24.1 Å². The standard InChI is InChI=1S/C26H31N7OS/c1-15-6-8-19(9-7-15)24-23-16(2)17(3)35-26(23)33(18(4)27)25(28)21(31-24)12-22(34)29-11-10-20-13-32(5)14-30-20/h6-9,13-14,21,27-28H,10-12H2,1-5H3,(H,29,34)/t21-/m0/s1. The van der Waals surface area contributed by atoms with E-state index in [1.807, 2.05) is 49.0 Å². The summed E-state index contributed by atoms with van der Waals surface area (Å²) in [6, 6.07) is 7.44. The Morgan fingerprint density at radius 3 is 2.54 bits per heavy atom. The summed E-state index contributed by atoms with van der Waals surface area (Å²) in [4.78, 5) is 24.9. The number of aromatic nitrogens is 2. The molecule has 0 radical (unpaired) electrons. The number of benzene rings is 1. The van der Waals surface area contributed by atoms with Gasteiger partial charge in [0.25, 0.3) is 0 Å². The van der Waals surface area contributed by atoms with Crippen molar-refractivity contribution in [3.8, 4) is 0 Å². The van der Waals surface area contributed by atoms with E-state index in [0.717, 1.165) is 43.5 Å². The molecule has 0 aliphatic carbocycles. The molecule has 182 valence electrons. The van der Waals surface area contributed by atoms with Crippen LogP contribution in [0.3, 0.4) is 0 Å². The predicted molar refractivity (Wildman–Crippen MR) is 143 cm³/mol. The first-order valence-electron chi connectivity index (χ1n) is 11.6. The summed E-state index contributed by atoms with van der Waals surface area (Å²) in [7, 11) is 1.91. The number of rotatable bonds is 6. The zero-order chi connectivity index (χ0) is 25.3. The van der Waals surface area contributed by atoms with E-state index in [1.165, 1.54) is 0 Å². The molecule has 3 aromatic rings. The summed E-state index contributed by atoms with van der Waals surface area (Å²) < 4.78 is 1.88. The Morgan fingerprint density at radius 2 is 1.91 bits per heavy atom. The minimum atomic E-state index is -0.708. The van der Waals surface area contributed by atoms with Gasteiger partial charge < -0.3 is 9.88 Å². The van der Waals surface area contributed by atoms with Gasteiger partial charge in [-0.25, -0.2) is 4.98 Å². The third kappa shape index (κ3) is 5.09. The summed E-state index contributed by atoms with van der Waals surface area (Å²) in [5.74, 6) is 0.198. The fourth-order valence-corrected chi connectivity index (χ4v) is 5.39. The quantitative estimate of drug-likeness (QED) is 0.357. The van der Waals surface area contributed by atoms with Gasteiger partial charge in [-0.2, -0.15) is 0 Å². The van der Waals surface area contributed by atoms with E-state index in [9.17, 15) is 4.79 Å². The second kappa shape index (κ2) is 9.95. The molecule has 1 aromatic carbocycles. The number of amidine groups is 2. The zero-order valence-corrected chi connectivity index (χ0v) is 21.6. The summed E-state index contributed by atoms with van der Waals surface area (Å²) in [6.07, 6.45) is 4.34. The van der Waals surface area contributed by atoms with Gasteiger partial charge in [0.2, 0.25) is 5.91 Å². The molecule has 0 bridgehead atoms. The predicted octanol–water partition coefficient (Wildman–Crippen LogP) is 4.16. The minimum absolute atomic E-state index is 0.0349. The first-order chi connectivity index (χ1) is 16.7. The smallest absolute Gasteiger partial charge is 0.222 e. The molecule has 3 N–H and O–H groups in total. The van der Waals surface area contributed by atoms with Crippen LogP contribution in [0.15, 0.2) is 41.8 Å². The SMILES string of the molecule is CC(=N)N1C(=N)[C@H](CC(=O)NCCc2cn(C)cn2)N=C(c2ccc(C)cc2)c2c1sc(C)c2C. The monoisotopic (exact) mass is 489 g/mol. The topological polar surface area (TPSA) is 110 Å². The Hall–Kier alpha value is -3.59. The Bertz CT molecular complexity index is 1320. The molecule has 35 heavy (non-hydrogen) atoms. The van der Waals surface area contributed by atoms with Crippen molar-refractivity contribution in [2.45, 2.75) is 46.6 Å². The van der Waals surface area contributed by atoms with Crippen LogP contribution in [0.25, 0.3) is 0 Å². The zero-order valence-electron chi connectivity index (χ0n) is 20.8. The number of hydrogen-bond donors (Lipinski definition) is 3. The molecule has 2 aromatic heterocycles. The number of nitrogens with zero attached hydrogens (tertiary/aromatic N) is 4. The van der Waals surface area contributed by atoms with Crippen molar-refractivity contribution < 1.29 is 4.79 Å². The first-order valence-corrected chi connectivity index (χ1v) is 12.4. The lowest BCUT2D eigenvalue weighted by molar-refractivity contribution is -0.121. The molecule has 0 saturated heterocycles. The van der Waals surface area contributed by atoms with Crippen LogP contribution in [-0.4, -0.2) is 45.4 Å². The van der Waals surface area contributed by atoms with E-state index in [1.54, 1.807) is 29.5 Å². The van der Waals surface area contributed by atoms with E-state index in [-0.39, 0.29) is 24.0 Å².